The highest BCUT2D eigenvalue weighted by Gasteiger charge is 2.18. The molecule has 88 valence electrons. The molecule has 0 saturated heterocycles. The quantitative estimate of drug-likeness (QED) is 0.821. The van der Waals surface area contributed by atoms with E-state index in [9.17, 15) is 9.59 Å². The number of nitrogens with zero attached hydrogens (tertiary/aromatic N) is 1. The molecule has 5 heteroatoms. The lowest BCUT2D eigenvalue weighted by Crippen LogP contribution is -2.13. The Labute approximate surface area is 97.3 Å². The van der Waals surface area contributed by atoms with Gasteiger partial charge in [0.15, 0.2) is 5.69 Å². The number of benzene rings is 1. The average molecular weight is 232 g/mol. The second-order valence-electron chi connectivity index (χ2n) is 3.89. The van der Waals surface area contributed by atoms with E-state index in [0.717, 1.165) is 5.56 Å². The molecule has 1 heterocycles. The fourth-order valence-electron chi connectivity index (χ4n) is 1.80. The first-order valence-corrected chi connectivity index (χ1v) is 5.10. The first-order chi connectivity index (χ1) is 8.00. The van der Waals surface area contributed by atoms with Gasteiger partial charge in [-0.25, -0.2) is 9.59 Å². The largest absolute Gasteiger partial charge is 0.477 e. The highest BCUT2D eigenvalue weighted by Crippen LogP contribution is 2.21. The van der Waals surface area contributed by atoms with Crippen molar-refractivity contribution in [2.45, 2.75) is 6.92 Å². The van der Waals surface area contributed by atoms with Crippen LogP contribution in [-0.2, 0) is 7.05 Å². The maximum Gasteiger partial charge on any atom is 0.354 e. The normalized spacial score (nSPS) is 10.5. The van der Waals surface area contributed by atoms with Crippen LogP contribution < -0.4 is 5.69 Å². The van der Waals surface area contributed by atoms with Crippen molar-refractivity contribution in [3.8, 4) is 11.3 Å². The van der Waals surface area contributed by atoms with Crippen molar-refractivity contribution in [2.75, 3.05) is 0 Å². The second kappa shape index (κ2) is 3.93. The number of H-pyrrole nitrogens is 1. The molecular formula is C12H12N2O3. The Morgan fingerprint density at radius 1 is 1.41 bits per heavy atom. The average Bonchev–Trinajstić information content (AvgIpc) is 2.56. The van der Waals surface area contributed by atoms with Crippen molar-refractivity contribution in [3.05, 3.63) is 46.0 Å². The van der Waals surface area contributed by atoms with Crippen molar-refractivity contribution in [1.82, 2.24) is 9.55 Å². The highest BCUT2D eigenvalue weighted by atomic mass is 16.4. The van der Waals surface area contributed by atoms with Gasteiger partial charge >= 0.3 is 11.7 Å². The van der Waals surface area contributed by atoms with Gasteiger partial charge in [0.1, 0.15) is 0 Å². The number of imidazole rings is 1. The summed E-state index contributed by atoms with van der Waals surface area (Å²) in [7, 11) is 1.54. The molecule has 0 aliphatic rings. The summed E-state index contributed by atoms with van der Waals surface area (Å²) in [5.74, 6) is -1.14. The van der Waals surface area contributed by atoms with Crippen LogP contribution in [0.15, 0.2) is 29.1 Å². The first-order valence-electron chi connectivity index (χ1n) is 5.10. The SMILES string of the molecule is Cc1cccc(-c2c(C(=O)O)[nH]c(=O)n2C)c1. The van der Waals surface area contributed by atoms with E-state index in [1.54, 1.807) is 13.1 Å². The number of nitrogens with one attached hydrogen (secondary N) is 1. The number of hydrogen-bond donors (Lipinski definition) is 2. The van der Waals surface area contributed by atoms with Gasteiger partial charge in [0.2, 0.25) is 0 Å². The standard InChI is InChI=1S/C12H12N2O3/c1-7-4-3-5-8(6-7)10-9(11(15)16)13-12(17)14(10)2/h3-6H,1-2H3,(H,13,17)(H,15,16). The summed E-state index contributed by atoms with van der Waals surface area (Å²) in [6, 6.07) is 7.36. The van der Waals surface area contributed by atoms with E-state index < -0.39 is 11.7 Å². The fourth-order valence-corrected chi connectivity index (χ4v) is 1.80. The lowest BCUT2D eigenvalue weighted by Gasteiger charge is -2.04. The number of aryl methyl sites for hydroxylation is 1. The molecule has 2 rings (SSSR count). The van der Waals surface area contributed by atoms with Gasteiger partial charge in [0, 0.05) is 12.6 Å². The van der Waals surface area contributed by atoms with Crippen molar-refractivity contribution in [3.63, 3.8) is 0 Å². The lowest BCUT2D eigenvalue weighted by molar-refractivity contribution is 0.0691. The summed E-state index contributed by atoms with van der Waals surface area (Å²) in [6.45, 7) is 1.91. The van der Waals surface area contributed by atoms with Crippen LogP contribution in [0.5, 0.6) is 0 Å². The predicted molar refractivity (Wildman–Crippen MR) is 63.2 cm³/mol. The summed E-state index contributed by atoms with van der Waals surface area (Å²) < 4.78 is 1.30. The molecule has 2 N–H and O–H groups in total. The van der Waals surface area contributed by atoms with Crippen molar-refractivity contribution in [1.29, 1.82) is 0 Å². The zero-order valence-electron chi connectivity index (χ0n) is 9.52. The third kappa shape index (κ3) is 1.87. The maximum atomic E-state index is 11.5. The number of rotatable bonds is 2. The molecule has 0 bridgehead atoms. The van der Waals surface area contributed by atoms with E-state index in [0.29, 0.717) is 11.3 Å². The van der Waals surface area contributed by atoms with Crippen LogP contribution in [0.25, 0.3) is 11.3 Å². The number of carbonyl (C=O) groups is 1. The molecule has 0 amide bonds. The summed E-state index contributed by atoms with van der Waals surface area (Å²) in [6.07, 6.45) is 0. The first kappa shape index (κ1) is 11.2. The molecule has 1 aromatic heterocycles. The minimum absolute atomic E-state index is 0.0805. The van der Waals surface area contributed by atoms with Crippen LogP contribution in [0, 0.1) is 6.92 Å². The highest BCUT2D eigenvalue weighted by molar-refractivity contribution is 5.93. The number of aromatic nitrogens is 2. The van der Waals surface area contributed by atoms with Gasteiger partial charge in [0.05, 0.1) is 5.69 Å². The van der Waals surface area contributed by atoms with Crippen LogP contribution in [-0.4, -0.2) is 20.6 Å². The molecule has 2 aromatic rings. The van der Waals surface area contributed by atoms with Crippen molar-refractivity contribution >= 4 is 5.97 Å². The second-order valence-corrected chi connectivity index (χ2v) is 3.89. The van der Waals surface area contributed by atoms with E-state index in [1.165, 1.54) is 4.57 Å². The van der Waals surface area contributed by atoms with Gasteiger partial charge in [-0.05, 0) is 13.0 Å². The smallest absolute Gasteiger partial charge is 0.354 e. The zero-order chi connectivity index (χ0) is 12.6. The molecular weight excluding hydrogens is 220 g/mol. The van der Waals surface area contributed by atoms with E-state index in [-0.39, 0.29) is 5.69 Å². The van der Waals surface area contributed by atoms with Gasteiger partial charge in [-0.15, -0.1) is 0 Å². The van der Waals surface area contributed by atoms with Crippen LogP contribution in [0.2, 0.25) is 0 Å². The Bertz CT molecular complexity index is 637. The molecule has 0 atom stereocenters. The van der Waals surface area contributed by atoms with E-state index in [2.05, 4.69) is 4.98 Å². The summed E-state index contributed by atoms with van der Waals surface area (Å²) in [4.78, 5) is 24.9. The molecule has 0 radical (unpaired) electrons. The Kier molecular flexibility index (Phi) is 2.59. The third-order valence-electron chi connectivity index (χ3n) is 2.61. The number of carboxylic acid groups (broad SMARTS) is 1. The molecule has 5 nitrogen and oxygen atoms in total. The van der Waals surface area contributed by atoms with E-state index in [1.807, 2.05) is 25.1 Å². The van der Waals surface area contributed by atoms with Crippen LogP contribution in [0.4, 0.5) is 0 Å². The number of hydrogen-bond acceptors (Lipinski definition) is 2. The number of aromatic carboxylic acids is 1. The van der Waals surface area contributed by atoms with Crippen LogP contribution in [0.3, 0.4) is 0 Å². The minimum Gasteiger partial charge on any atom is -0.477 e. The Morgan fingerprint density at radius 2 is 2.12 bits per heavy atom. The monoisotopic (exact) mass is 232 g/mol. The van der Waals surface area contributed by atoms with Crippen LogP contribution >= 0.6 is 0 Å². The van der Waals surface area contributed by atoms with Gasteiger partial charge in [-0.1, -0.05) is 23.8 Å². The van der Waals surface area contributed by atoms with Gasteiger partial charge in [-0.2, -0.15) is 0 Å². The molecule has 0 spiro atoms. The predicted octanol–water partition coefficient (Wildman–Crippen LogP) is 1.39. The summed E-state index contributed by atoms with van der Waals surface area (Å²) in [5, 5.41) is 9.05. The third-order valence-corrected chi connectivity index (χ3v) is 2.61. The molecule has 17 heavy (non-hydrogen) atoms. The maximum absolute atomic E-state index is 11.5. The molecule has 0 fully saturated rings. The summed E-state index contributed by atoms with van der Waals surface area (Å²) >= 11 is 0. The van der Waals surface area contributed by atoms with Gasteiger partial charge in [0.25, 0.3) is 0 Å². The van der Waals surface area contributed by atoms with Crippen LogP contribution in [0.1, 0.15) is 16.1 Å². The Hall–Kier alpha value is -2.30. The molecule has 0 aliphatic heterocycles. The fraction of sp³-hybridized carbons (Fsp3) is 0.167. The van der Waals surface area contributed by atoms with Crippen molar-refractivity contribution < 1.29 is 9.90 Å². The van der Waals surface area contributed by atoms with Crippen molar-refractivity contribution in [2.24, 2.45) is 7.05 Å². The minimum atomic E-state index is -1.14. The molecule has 1 aromatic carbocycles. The van der Waals surface area contributed by atoms with E-state index in [4.69, 9.17) is 5.11 Å². The Balaban J connectivity index is 2.74. The van der Waals surface area contributed by atoms with E-state index >= 15 is 0 Å². The lowest BCUT2D eigenvalue weighted by atomic mass is 10.1. The zero-order valence-corrected chi connectivity index (χ0v) is 9.52. The molecule has 0 unspecified atom stereocenters. The number of carboxylic acids is 1. The molecule has 0 saturated carbocycles. The van der Waals surface area contributed by atoms with Gasteiger partial charge in [-0.3, -0.25) is 9.55 Å². The topological polar surface area (TPSA) is 75.1 Å². The number of aromatic amines is 1. The van der Waals surface area contributed by atoms with Gasteiger partial charge < -0.3 is 5.11 Å². The molecule has 0 aliphatic carbocycles. The Morgan fingerprint density at radius 3 is 2.71 bits per heavy atom. The summed E-state index contributed by atoms with van der Waals surface area (Å²) in [5.41, 5.74) is 1.60.